The average molecular weight is 294 g/mol. The average Bonchev–Trinajstić information content (AvgIpc) is 3.01. The molecule has 1 N–H and O–H groups in total. The largest absolute Gasteiger partial charge is 0.381 e. The van der Waals surface area contributed by atoms with E-state index in [0.717, 1.165) is 19.8 Å². The quantitative estimate of drug-likeness (QED) is 0.921. The van der Waals surface area contributed by atoms with Crippen molar-refractivity contribution in [2.75, 3.05) is 19.8 Å². The molecule has 112 valence electrons. The van der Waals surface area contributed by atoms with Gasteiger partial charge in [0, 0.05) is 42.1 Å². The second-order valence-electron chi connectivity index (χ2n) is 6.50. The first-order chi connectivity index (χ1) is 9.80. The van der Waals surface area contributed by atoms with Crippen LogP contribution in [0.2, 0.25) is 0 Å². The van der Waals surface area contributed by atoms with Crippen LogP contribution in [0.25, 0.3) is 0 Å². The van der Waals surface area contributed by atoms with E-state index in [1.54, 1.807) is 11.3 Å². The first-order valence-corrected chi connectivity index (χ1v) is 8.89. The van der Waals surface area contributed by atoms with E-state index >= 15 is 0 Å². The van der Waals surface area contributed by atoms with Crippen LogP contribution in [0.5, 0.6) is 0 Å². The fourth-order valence-corrected chi connectivity index (χ4v) is 4.53. The van der Waals surface area contributed by atoms with Gasteiger partial charge >= 0.3 is 0 Å². The van der Waals surface area contributed by atoms with Gasteiger partial charge in [0.2, 0.25) is 0 Å². The molecule has 0 aromatic carbocycles. The first-order valence-electron chi connectivity index (χ1n) is 8.01. The summed E-state index contributed by atoms with van der Waals surface area (Å²) in [6, 6.07) is 0.638. The standard InChI is InChI=1S/C16H26N2OS/c1-13(15-17-8-10-20-15)11-18-14-5-9-19-12-16(14)6-3-2-4-7-16/h8,10,13-14,18H,2-7,9,11-12H2,1H3. The van der Waals surface area contributed by atoms with Crippen LogP contribution in [0.1, 0.15) is 56.4 Å². The lowest BCUT2D eigenvalue weighted by Crippen LogP contribution is -2.53. The number of hydrogen-bond donors (Lipinski definition) is 1. The zero-order chi connectivity index (χ0) is 13.8. The molecule has 2 fully saturated rings. The minimum Gasteiger partial charge on any atom is -0.381 e. The Bertz CT molecular complexity index is 392. The van der Waals surface area contributed by atoms with Crippen LogP contribution in [0.3, 0.4) is 0 Å². The van der Waals surface area contributed by atoms with Gasteiger partial charge < -0.3 is 10.1 Å². The first kappa shape index (κ1) is 14.5. The molecule has 2 unspecified atom stereocenters. The van der Waals surface area contributed by atoms with Crippen molar-refractivity contribution in [3.05, 3.63) is 16.6 Å². The van der Waals surface area contributed by atoms with E-state index in [-0.39, 0.29) is 0 Å². The molecule has 0 radical (unpaired) electrons. The van der Waals surface area contributed by atoms with Gasteiger partial charge in [-0.2, -0.15) is 0 Å². The highest BCUT2D eigenvalue weighted by Crippen LogP contribution is 2.42. The maximum absolute atomic E-state index is 5.82. The smallest absolute Gasteiger partial charge is 0.0965 e. The topological polar surface area (TPSA) is 34.1 Å². The van der Waals surface area contributed by atoms with Crippen molar-refractivity contribution in [1.82, 2.24) is 10.3 Å². The SMILES string of the molecule is CC(CNC1CCOCC12CCCCC2)c1nccs1. The van der Waals surface area contributed by atoms with Gasteiger partial charge in [-0.25, -0.2) is 4.98 Å². The van der Waals surface area contributed by atoms with Crippen molar-refractivity contribution in [3.63, 3.8) is 0 Å². The van der Waals surface area contributed by atoms with Gasteiger partial charge in [0.1, 0.15) is 0 Å². The summed E-state index contributed by atoms with van der Waals surface area (Å²) in [5.74, 6) is 0.512. The zero-order valence-corrected chi connectivity index (χ0v) is 13.3. The third-order valence-electron chi connectivity index (χ3n) is 5.07. The van der Waals surface area contributed by atoms with Crippen LogP contribution in [0.4, 0.5) is 0 Å². The summed E-state index contributed by atoms with van der Waals surface area (Å²) in [5, 5.41) is 7.18. The van der Waals surface area contributed by atoms with Crippen molar-refractivity contribution >= 4 is 11.3 Å². The summed E-state index contributed by atoms with van der Waals surface area (Å²) < 4.78 is 5.82. The molecule has 3 nitrogen and oxygen atoms in total. The molecule has 2 heterocycles. The summed E-state index contributed by atoms with van der Waals surface area (Å²) in [6.45, 7) is 5.21. The molecule has 0 bridgehead atoms. The molecule has 2 aliphatic rings. The molecule has 2 atom stereocenters. The Morgan fingerprint density at radius 1 is 1.45 bits per heavy atom. The molecular weight excluding hydrogens is 268 g/mol. The molecule has 3 rings (SSSR count). The monoisotopic (exact) mass is 294 g/mol. The van der Waals surface area contributed by atoms with Gasteiger partial charge in [0.05, 0.1) is 11.6 Å². The molecule has 1 saturated heterocycles. The molecule has 1 aliphatic carbocycles. The third-order valence-corrected chi connectivity index (χ3v) is 6.08. The predicted octanol–water partition coefficient (Wildman–Crippen LogP) is 3.58. The van der Waals surface area contributed by atoms with Gasteiger partial charge in [-0.15, -0.1) is 11.3 Å². The molecule has 20 heavy (non-hydrogen) atoms. The Hall–Kier alpha value is -0.450. The van der Waals surface area contributed by atoms with E-state index in [0.29, 0.717) is 17.4 Å². The minimum absolute atomic E-state index is 0.416. The van der Waals surface area contributed by atoms with Crippen LogP contribution in [-0.2, 0) is 4.74 Å². The lowest BCUT2D eigenvalue weighted by molar-refractivity contribution is -0.0533. The Balaban J connectivity index is 1.59. The second-order valence-corrected chi connectivity index (χ2v) is 7.42. The van der Waals surface area contributed by atoms with E-state index < -0.39 is 0 Å². The van der Waals surface area contributed by atoms with Gasteiger partial charge in [0.25, 0.3) is 0 Å². The molecule has 1 aromatic rings. The highest BCUT2D eigenvalue weighted by Gasteiger charge is 2.42. The number of aromatic nitrogens is 1. The van der Waals surface area contributed by atoms with Crippen LogP contribution in [-0.4, -0.2) is 30.8 Å². The number of rotatable bonds is 4. The van der Waals surface area contributed by atoms with Crippen LogP contribution in [0, 0.1) is 5.41 Å². The van der Waals surface area contributed by atoms with E-state index in [9.17, 15) is 0 Å². The predicted molar refractivity (Wildman–Crippen MR) is 83.3 cm³/mol. The fourth-order valence-electron chi connectivity index (χ4n) is 3.83. The van der Waals surface area contributed by atoms with Crippen molar-refractivity contribution in [3.8, 4) is 0 Å². The Labute approximate surface area is 126 Å². The van der Waals surface area contributed by atoms with Crippen molar-refractivity contribution in [2.45, 2.75) is 57.4 Å². The Morgan fingerprint density at radius 2 is 2.30 bits per heavy atom. The van der Waals surface area contributed by atoms with Crippen molar-refractivity contribution < 1.29 is 4.74 Å². The fraction of sp³-hybridized carbons (Fsp3) is 0.812. The highest BCUT2D eigenvalue weighted by atomic mass is 32.1. The van der Waals surface area contributed by atoms with Crippen LogP contribution >= 0.6 is 11.3 Å². The van der Waals surface area contributed by atoms with Crippen LogP contribution in [0.15, 0.2) is 11.6 Å². The second kappa shape index (κ2) is 6.54. The van der Waals surface area contributed by atoms with E-state index in [1.165, 1.54) is 43.5 Å². The van der Waals surface area contributed by atoms with Gasteiger partial charge in [-0.3, -0.25) is 0 Å². The molecular formula is C16H26N2OS. The summed E-state index contributed by atoms with van der Waals surface area (Å²) in [6.07, 6.45) is 9.93. The number of hydrogen-bond acceptors (Lipinski definition) is 4. The maximum Gasteiger partial charge on any atom is 0.0965 e. The van der Waals surface area contributed by atoms with Gasteiger partial charge in [-0.05, 0) is 19.3 Å². The number of nitrogens with one attached hydrogen (secondary N) is 1. The molecule has 1 spiro atoms. The Kier molecular flexibility index (Phi) is 4.74. The summed E-state index contributed by atoms with van der Waals surface area (Å²) in [7, 11) is 0. The lowest BCUT2D eigenvalue weighted by atomic mass is 9.67. The van der Waals surface area contributed by atoms with E-state index in [1.807, 2.05) is 6.20 Å². The molecule has 0 amide bonds. The normalized spacial score (nSPS) is 27.6. The highest BCUT2D eigenvalue weighted by molar-refractivity contribution is 7.09. The number of thiazole rings is 1. The van der Waals surface area contributed by atoms with E-state index in [2.05, 4.69) is 22.6 Å². The minimum atomic E-state index is 0.416. The summed E-state index contributed by atoms with van der Waals surface area (Å²) >= 11 is 1.77. The summed E-state index contributed by atoms with van der Waals surface area (Å²) in [4.78, 5) is 4.44. The van der Waals surface area contributed by atoms with E-state index in [4.69, 9.17) is 4.74 Å². The van der Waals surface area contributed by atoms with Crippen LogP contribution < -0.4 is 5.32 Å². The van der Waals surface area contributed by atoms with Crippen molar-refractivity contribution in [2.24, 2.45) is 5.41 Å². The molecule has 1 saturated carbocycles. The molecule has 4 heteroatoms. The van der Waals surface area contributed by atoms with Gasteiger partial charge in [-0.1, -0.05) is 26.2 Å². The third kappa shape index (κ3) is 3.07. The summed E-state index contributed by atoms with van der Waals surface area (Å²) in [5.41, 5.74) is 0.416. The zero-order valence-electron chi connectivity index (χ0n) is 12.4. The number of ether oxygens (including phenoxy) is 1. The molecule has 1 aliphatic heterocycles. The van der Waals surface area contributed by atoms with Gasteiger partial charge in [0.15, 0.2) is 0 Å². The lowest BCUT2D eigenvalue weighted by Gasteiger charge is -2.47. The van der Waals surface area contributed by atoms with Crippen molar-refractivity contribution in [1.29, 1.82) is 0 Å². The number of nitrogens with zero attached hydrogens (tertiary/aromatic N) is 1. The molecule has 1 aromatic heterocycles. The maximum atomic E-state index is 5.82. The Morgan fingerprint density at radius 3 is 3.05 bits per heavy atom.